The van der Waals surface area contributed by atoms with Gasteiger partial charge >= 0.3 is 0 Å². The van der Waals surface area contributed by atoms with E-state index in [0.29, 0.717) is 5.88 Å². The van der Waals surface area contributed by atoms with E-state index in [9.17, 15) is 0 Å². The Morgan fingerprint density at radius 3 is 2.90 bits per heavy atom. The van der Waals surface area contributed by atoms with Gasteiger partial charge in [0.15, 0.2) is 0 Å². The molecule has 1 unspecified atom stereocenters. The Morgan fingerprint density at radius 2 is 2.29 bits per heavy atom. The Labute approximate surface area is 135 Å². The maximum Gasteiger partial charge on any atom is 0.228 e. The van der Waals surface area contributed by atoms with Gasteiger partial charge in [-0.3, -0.25) is 0 Å². The second-order valence-electron chi connectivity index (χ2n) is 5.81. The third kappa shape index (κ3) is 4.99. The molecule has 21 heavy (non-hydrogen) atoms. The van der Waals surface area contributed by atoms with Gasteiger partial charge in [-0.1, -0.05) is 12.8 Å². The molecule has 1 saturated carbocycles. The van der Waals surface area contributed by atoms with Gasteiger partial charge in [-0.25, -0.2) is 9.98 Å². The summed E-state index contributed by atoms with van der Waals surface area (Å²) in [5.74, 6) is 1.52. The molecule has 1 aliphatic carbocycles. The summed E-state index contributed by atoms with van der Waals surface area (Å²) >= 11 is 3.54. The van der Waals surface area contributed by atoms with Crippen molar-refractivity contribution in [3.05, 3.63) is 16.2 Å². The molecular formula is C16H24BrN3O. The largest absolute Gasteiger partial charge is 0.474 e. The van der Waals surface area contributed by atoms with Gasteiger partial charge in [-0.15, -0.1) is 0 Å². The molecule has 1 aromatic heterocycles. The molecule has 1 heterocycles. The van der Waals surface area contributed by atoms with E-state index in [1.807, 2.05) is 31.3 Å². The fourth-order valence-corrected chi connectivity index (χ4v) is 2.47. The summed E-state index contributed by atoms with van der Waals surface area (Å²) in [6, 6.07) is 1.97. The number of ether oxygens (including phenoxy) is 1. The first-order chi connectivity index (χ1) is 9.99. The van der Waals surface area contributed by atoms with Crippen molar-refractivity contribution in [1.29, 1.82) is 0 Å². The van der Waals surface area contributed by atoms with E-state index in [4.69, 9.17) is 4.74 Å². The first-order valence-electron chi connectivity index (χ1n) is 7.57. The summed E-state index contributed by atoms with van der Waals surface area (Å²) in [6.45, 7) is 7.09. The van der Waals surface area contributed by atoms with Gasteiger partial charge in [0.05, 0.1) is 28.3 Å². The third-order valence-electron chi connectivity index (χ3n) is 3.68. The topological polar surface area (TPSA) is 37.7 Å². The molecule has 0 bridgehead atoms. The zero-order chi connectivity index (χ0) is 15.4. The van der Waals surface area contributed by atoms with Gasteiger partial charge in [0.25, 0.3) is 0 Å². The Kier molecular flexibility index (Phi) is 5.62. The number of halogens is 1. The molecule has 116 valence electrons. The van der Waals surface area contributed by atoms with Crippen LogP contribution >= 0.6 is 15.9 Å². The number of hydrogen-bond acceptors (Lipinski definition) is 3. The van der Waals surface area contributed by atoms with Crippen LogP contribution in [0.5, 0.6) is 5.88 Å². The standard InChI is InChI=1S/C16H24BrN3O/c1-5-20(4)10-18-15-9-14(17)16(19-12(15)3)21-11(2)8-13-6-7-13/h9-11,13H,5-8H2,1-4H3. The van der Waals surface area contributed by atoms with Crippen LogP contribution in [0.15, 0.2) is 15.5 Å². The molecule has 1 fully saturated rings. The van der Waals surface area contributed by atoms with Crippen LogP contribution in [0, 0.1) is 12.8 Å². The highest BCUT2D eigenvalue weighted by atomic mass is 79.9. The predicted molar refractivity (Wildman–Crippen MR) is 90.6 cm³/mol. The van der Waals surface area contributed by atoms with Crippen LogP contribution in [-0.2, 0) is 0 Å². The van der Waals surface area contributed by atoms with Gasteiger partial charge in [0, 0.05) is 13.6 Å². The van der Waals surface area contributed by atoms with E-state index in [-0.39, 0.29) is 6.10 Å². The normalized spacial score (nSPS) is 16.2. The maximum atomic E-state index is 5.96. The molecule has 0 N–H and O–H groups in total. The lowest BCUT2D eigenvalue weighted by atomic mass is 10.2. The van der Waals surface area contributed by atoms with Gasteiger partial charge < -0.3 is 9.64 Å². The quantitative estimate of drug-likeness (QED) is 0.540. The van der Waals surface area contributed by atoms with E-state index >= 15 is 0 Å². The summed E-state index contributed by atoms with van der Waals surface area (Å²) in [4.78, 5) is 11.0. The lowest BCUT2D eigenvalue weighted by molar-refractivity contribution is 0.193. The number of aromatic nitrogens is 1. The predicted octanol–water partition coefficient (Wildman–Crippen LogP) is 4.33. The zero-order valence-corrected chi connectivity index (χ0v) is 14.9. The van der Waals surface area contributed by atoms with Gasteiger partial charge in [-0.2, -0.15) is 0 Å². The summed E-state index contributed by atoms with van der Waals surface area (Å²) in [5, 5.41) is 0. The molecule has 0 aromatic carbocycles. The highest BCUT2D eigenvalue weighted by Crippen LogP contribution is 2.35. The maximum absolute atomic E-state index is 5.96. The molecular weight excluding hydrogens is 330 g/mol. The minimum Gasteiger partial charge on any atom is -0.474 e. The molecule has 4 nitrogen and oxygen atoms in total. The molecule has 0 spiro atoms. The molecule has 0 saturated heterocycles. The van der Waals surface area contributed by atoms with Crippen LogP contribution in [0.3, 0.4) is 0 Å². The number of nitrogens with zero attached hydrogens (tertiary/aromatic N) is 3. The fraction of sp³-hybridized carbons (Fsp3) is 0.625. The number of aryl methyl sites for hydroxylation is 1. The van der Waals surface area contributed by atoms with Gasteiger partial charge in [0.2, 0.25) is 5.88 Å². The minimum absolute atomic E-state index is 0.210. The second kappa shape index (κ2) is 7.25. The Balaban J connectivity index is 2.06. The summed E-state index contributed by atoms with van der Waals surface area (Å²) < 4.78 is 6.82. The molecule has 1 aromatic rings. The van der Waals surface area contributed by atoms with E-state index in [1.54, 1.807) is 0 Å². The van der Waals surface area contributed by atoms with E-state index in [1.165, 1.54) is 12.8 Å². The van der Waals surface area contributed by atoms with Crippen LogP contribution in [0.1, 0.15) is 38.8 Å². The number of rotatable bonds is 7. The second-order valence-corrected chi connectivity index (χ2v) is 6.66. The lowest BCUT2D eigenvalue weighted by Gasteiger charge is -2.16. The number of hydrogen-bond donors (Lipinski definition) is 0. The molecule has 2 rings (SSSR count). The highest BCUT2D eigenvalue weighted by molar-refractivity contribution is 9.10. The first-order valence-corrected chi connectivity index (χ1v) is 8.37. The summed E-state index contributed by atoms with van der Waals surface area (Å²) in [5.41, 5.74) is 1.75. The van der Waals surface area contributed by atoms with Gasteiger partial charge in [0.1, 0.15) is 0 Å². The highest BCUT2D eigenvalue weighted by Gasteiger charge is 2.25. The van der Waals surface area contributed by atoms with Crippen molar-refractivity contribution >= 4 is 28.0 Å². The Hall–Kier alpha value is -1.10. The molecule has 0 amide bonds. The first kappa shape index (κ1) is 16.3. The smallest absolute Gasteiger partial charge is 0.228 e. The third-order valence-corrected chi connectivity index (χ3v) is 4.24. The molecule has 0 aliphatic heterocycles. The molecule has 0 radical (unpaired) electrons. The van der Waals surface area contributed by atoms with Crippen molar-refractivity contribution < 1.29 is 4.74 Å². The average Bonchev–Trinajstić information content (AvgIpc) is 3.24. The van der Waals surface area contributed by atoms with E-state index < -0.39 is 0 Å². The Morgan fingerprint density at radius 1 is 1.57 bits per heavy atom. The van der Waals surface area contributed by atoms with Crippen LogP contribution < -0.4 is 4.74 Å². The van der Waals surface area contributed by atoms with E-state index in [0.717, 1.165) is 34.7 Å². The van der Waals surface area contributed by atoms with Crippen LogP contribution in [0.4, 0.5) is 5.69 Å². The van der Waals surface area contributed by atoms with Crippen molar-refractivity contribution in [2.75, 3.05) is 13.6 Å². The Bertz CT molecular complexity index is 514. The van der Waals surface area contributed by atoms with Crippen molar-refractivity contribution in [3.63, 3.8) is 0 Å². The number of aliphatic imine (C=N–C) groups is 1. The van der Waals surface area contributed by atoms with Crippen LogP contribution in [-0.4, -0.2) is 35.9 Å². The molecule has 5 heteroatoms. The van der Waals surface area contributed by atoms with Crippen LogP contribution in [0.25, 0.3) is 0 Å². The van der Waals surface area contributed by atoms with Gasteiger partial charge in [-0.05, 0) is 55.1 Å². The monoisotopic (exact) mass is 353 g/mol. The summed E-state index contributed by atoms with van der Waals surface area (Å²) in [6.07, 6.45) is 5.85. The molecule has 1 aliphatic rings. The van der Waals surface area contributed by atoms with Crippen molar-refractivity contribution in [2.45, 2.75) is 46.1 Å². The lowest BCUT2D eigenvalue weighted by Crippen LogP contribution is -2.15. The summed E-state index contributed by atoms with van der Waals surface area (Å²) in [7, 11) is 2.00. The minimum atomic E-state index is 0.210. The fourth-order valence-electron chi connectivity index (χ4n) is 2.07. The van der Waals surface area contributed by atoms with E-state index in [2.05, 4.69) is 39.8 Å². The van der Waals surface area contributed by atoms with Crippen molar-refractivity contribution in [1.82, 2.24) is 9.88 Å². The van der Waals surface area contributed by atoms with Crippen molar-refractivity contribution in [2.24, 2.45) is 10.9 Å². The average molecular weight is 354 g/mol. The number of pyridine rings is 1. The zero-order valence-electron chi connectivity index (χ0n) is 13.3. The van der Waals surface area contributed by atoms with Crippen molar-refractivity contribution in [3.8, 4) is 5.88 Å². The van der Waals surface area contributed by atoms with Crippen LogP contribution in [0.2, 0.25) is 0 Å². The molecule has 1 atom stereocenters. The SMILES string of the molecule is CCN(C)C=Nc1cc(Br)c(OC(C)CC2CC2)nc1C.